The van der Waals surface area contributed by atoms with E-state index in [4.69, 9.17) is 10.5 Å². The molecule has 0 saturated heterocycles. The van der Waals surface area contributed by atoms with Crippen LogP contribution in [0.5, 0.6) is 0 Å². The Morgan fingerprint density at radius 2 is 2.18 bits per heavy atom. The van der Waals surface area contributed by atoms with E-state index in [1.165, 1.54) is 6.08 Å². The van der Waals surface area contributed by atoms with Crippen LogP contribution in [0.2, 0.25) is 0 Å². The zero-order chi connectivity index (χ0) is 8.53. The third kappa shape index (κ3) is 4.93. The van der Waals surface area contributed by atoms with Crippen LogP contribution in [0.15, 0.2) is 24.8 Å². The molecule has 0 amide bonds. The number of rotatable bonds is 4. The third-order valence-electron chi connectivity index (χ3n) is 1.25. The molecule has 0 aromatic carbocycles. The monoisotopic (exact) mass is 146 g/mol. The smallest absolute Gasteiger partial charge is 0.0909 e. The second kappa shape index (κ2) is 6.58. The van der Waals surface area contributed by atoms with Crippen molar-refractivity contribution in [1.29, 1.82) is 10.5 Å². The normalized spacial score (nSPS) is 11.8. The number of hydrogen-bond donors (Lipinski definition) is 0. The lowest BCUT2D eigenvalue weighted by molar-refractivity contribution is 0.735. The summed E-state index contributed by atoms with van der Waals surface area (Å²) in [7, 11) is 0. The second-order valence-corrected chi connectivity index (χ2v) is 2.09. The van der Waals surface area contributed by atoms with E-state index in [2.05, 4.69) is 12.6 Å². The minimum atomic E-state index is -0.146. The lowest BCUT2D eigenvalue weighted by Gasteiger charge is -1.97. The van der Waals surface area contributed by atoms with Crippen molar-refractivity contribution in [3.63, 3.8) is 0 Å². The van der Waals surface area contributed by atoms with E-state index in [9.17, 15) is 0 Å². The van der Waals surface area contributed by atoms with Crippen molar-refractivity contribution in [2.24, 2.45) is 5.92 Å². The van der Waals surface area contributed by atoms with Gasteiger partial charge in [0.15, 0.2) is 0 Å². The lowest BCUT2D eigenvalue weighted by atomic mass is 10.0. The predicted molar refractivity (Wildman–Crippen MR) is 43.3 cm³/mol. The van der Waals surface area contributed by atoms with Gasteiger partial charge in [0.05, 0.1) is 18.1 Å². The summed E-state index contributed by atoms with van der Waals surface area (Å²) in [6.07, 6.45) is 6.29. The van der Waals surface area contributed by atoms with Crippen molar-refractivity contribution in [3.8, 4) is 12.1 Å². The minimum Gasteiger partial charge on any atom is -0.198 e. The van der Waals surface area contributed by atoms with Crippen molar-refractivity contribution >= 4 is 0 Å². The summed E-state index contributed by atoms with van der Waals surface area (Å²) in [5.41, 5.74) is 0. The van der Waals surface area contributed by atoms with Crippen molar-refractivity contribution < 1.29 is 0 Å². The van der Waals surface area contributed by atoms with Gasteiger partial charge in [0.2, 0.25) is 0 Å². The van der Waals surface area contributed by atoms with Crippen molar-refractivity contribution in [3.05, 3.63) is 24.8 Å². The molecule has 0 rings (SSSR count). The molecule has 2 heteroatoms. The molecule has 11 heavy (non-hydrogen) atoms. The van der Waals surface area contributed by atoms with Gasteiger partial charge in [-0.3, -0.25) is 0 Å². The van der Waals surface area contributed by atoms with Crippen LogP contribution in [0.4, 0.5) is 0 Å². The van der Waals surface area contributed by atoms with Crippen LogP contribution in [-0.2, 0) is 0 Å². The molecule has 56 valence electrons. The van der Waals surface area contributed by atoms with Crippen LogP contribution in [0, 0.1) is 28.6 Å². The third-order valence-corrected chi connectivity index (χ3v) is 1.25. The predicted octanol–water partition coefficient (Wildman–Crippen LogP) is 2.17. The quantitative estimate of drug-likeness (QED) is 0.450. The summed E-state index contributed by atoms with van der Waals surface area (Å²) in [6.45, 7) is 3.55. The molecule has 1 unspecified atom stereocenters. The van der Waals surface area contributed by atoms with Crippen molar-refractivity contribution in [1.82, 2.24) is 0 Å². The van der Waals surface area contributed by atoms with E-state index in [0.717, 1.165) is 12.8 Å². The Kier molecular flexibility index (Phi) is 5.66. The van der Waals surface area contributed by atoms with Gasteiger partial charge in [-0.2, -0.15) is 10.5 Å². The first-order valence-electron chi connectivity index (χ1n) is 3.42. The highest BCUT2D eigenvalue weighted by molar-refractivity contribution is 5.09. The molecule has 0 aliphatic rings. The largest absolute Gasteiger partial charge is 0.198 e. The van der Waals surface area contributed by atoms with Gasteiger partial charge in [-0.15, -0.1) is 6.58 Å². The molecule has 0 heterocycles. The highest BCUT2D eigenvalue weighted by atomic mass is 14.3. The summed E-state index contributed by atoms with van der Waals surface area (Å²) >= 11 is 0. The van der Waals surface area contributed by atoms with Crippen LogP contribution in [0.25, 0.3) is 0 Å². The Labute approximate surface area is 67.1 Å². The van der Waals surface area contributed by atoms with Crippen LogP contribution >= 0.6 is 0 Å². The molecular weight excluding hydrogens is 136 g/mol. The molecule has 0 fully saturated rings. The number of nitrogens with zero attached hydrogens (tertiary/aromatic N) is 2. The highest BCUT2D eigenvalue weighted by Gasteiger charge is 1.99. The Bertz CT molecular complexity index is 215. The SMILES string of the molecule is C=CCCC(C#N)C=CC#N. The van der Waals surface area contributed by atoms with Gasteiger partial charge < -0.3 is 0 Å². The van der Waals surface area contributed by atoms with Crippen molar-refractivity contribution in [2.75, 3.05) is 0 Å². The Morgan fingerprint density at radius 3 is 2.64 bits per heavy atom. The van der Waals surface area contributed by atoms with Gasteiger partial charge in [-0.25, -0.2) is 0 Å². The molecule has 0 radical (unpaired) electrons. The summed E-state index contributed by atoms with van der Waals surface area (Å²) < 4.78 is 0. The number of nitriles is 2. The summed E-state index contributed by atoms with van der Waals surface area (Å²) in [6, 6.07) is 3.94. The average molecular weight is 146 g/mol. The summed E-state index contributed by atoms with van der Waals surface area (Å²) in [5, 5.41) is 16.7. The lowest BCUT2D eigenvalue weighted by Crippen LogP contribution is -1.89. The van der Waals surface area contributed by atoms with Crippen molar-refractivity contribution in [2.45, 2.75) is 12.8 Å². The van der Waals surface area contributed by atoms with Gasteiger partial charge in [0.25, 0.3) is 0 Å². The highest BCUT2D eigenvalue weighted by Crippen LogP contribution is 2.06. The van der Waals surface area contributed by atoms with E-state index in [-0.39, 0.29) is 5.92 Å². The molecule has 0 aliphatic heterocycles. The van der Waals surface area contributed by atoms with Crippen LogP contribution in [0.3, 0.4) is 0 Å². The molecule has 0 aliphatic carbocycles. The van der Waals surface area contributed by atoms with Crippen LogP contribution in [-0.4, -0.2) is 0 Å². The fraction of sp³-hybridized carbons (Fsp3) is 0.333. The van der Waals surface area contributed by atoms with Gasteiger partial charge >= 0.3 is 0 Å². The maximum absolute atomic E-state index is 8.53. The zero-order valence-electron chi connectivity index (χ0n) is 6.33. The fourth-order valence-electron chi connectivity index (χ4n) is 0.660. The van der Waals surface area contributed by atoms with Gasteiger partial charge in [-0.1, -0.05) is 12.2 Å². The molecule has 0 spiro atoms. The van der Waals surface area contributed by atoms with E-state index >= 15 is 0 Å². The Balaban J connectivity index is 3.80. The molecule has 2 nitrogen and oxygen atoms in total. The first kappa shape index (κ1) is 9.46. The second-order valence-electron chi connectivity index (χ2n) is 2.09. The molecule has 0 bridgehead atoms. The summed E-state index contributed by atoms with van der Waals surface area (Å²) in [4.78, 5) is 0. The Hall–Kier alpha value is -1.54. The molecule has 0 aromatic heterocycles. The average Bonchev–Trinajstić information content (AvgIpc) is 2.05. The maximum atomic E-state index is 8.53. The van der Waals surface area contributed by atoms with Gasteiger partial charge in [-0.05, 0) is 12.8 Å². The fourth-order valence-corrected chi connectivity index (χ4v) is 0.660. The summed E-state index contributed by atoms with van der Waals surface area (Å²) in [5.74, 6) is -0.146. The zero-order valence-corrected chi connectivity index (χ0v) is 6.33. The molecular formula is C9H10N2. The minimum absolute atomic E-state index is 0.146. The number of hydrogen-bond acceptors (Lipinski definition) is 2. The van der Waals surface area contributed by atoms with Crippen LogP contribution in [0.1, 0.15) is 12.8 Å². The topological polar surface area (TPSA) is 47.6 Å². The standard InChI is InChI=1S/C9H10N2/c1-2-3-5-9(8-11)6-4-7-10/h2,4,6,9H,1,3,5H2. The number of allylic oxidation sites excluding steroid dienone is 3. The molecule has 0 saturated carbocycles. The van der Waals surface area contributed by atoms with E-state index in [1.807, 2.05) is 6.07 Å². The first-order valence-corrected chi connectivity index (χ1v) is 3.42. The van der Waals surface area contributed by atoms with E-state index in [0.29, 0.717) is 0 Å². The Morgan fingerprint density at radius 1 is 1.45 bits per heavy atom. The molecule has 0 aromatic rings. The van der Waals surface area contributed by atoms with E-state index in [1.54, 1.807) is 12.2 Å². The maximum Gasteiger partial charge on any atom is 0.0909 e. The first-order chi connectivity index (χ1) is 5.35. The van der Waals surface area contributed by atoms with E-state index < -0.39 is 0 Å². The van der Waals surface area contributed by atoms with Crippen LogP contribution < -0.4 is 0 Å². The molecule has 1 atom stereocenters. The van der Waals surface area contributed by atoms with Gasteiger partial charge in [0, 0.05) is 6.08 Å². The molecule has 0 N–H and O–H groups in total. The van der Waals surface area contributed by atoms with Gasteiger partial charge in [0.1, 0.15) is 0 Å².